The van der Waals surface area contributed by atoms with Crippen molar-refractivity contribution in [2.75, 3.05) is 0 Å². The van der Waals surface area contributed by atoms with Crippen LogP contribution in [0.4, 0.5) is 0 Å². The Morgan fingerprint density at radius 2 is 0.804 bits per heavy atom. The second-order valence-corrected chi connectivity index (χ2v) is 13.2. The van der Waals surface area contributed by atoms with Crippen LogP contribution in [0.5, 0.6) is 0 Å². The van der Waals surface area contributed by atoms with E-state index in [2.05, 4.69) is 114 Å². The van der Waals surface area contributed by atoms with Crippen LogP contribution in [-0.4, -0.2) is 19.5 Å². The molecule has 236 valence electrons. The second-order valence-electron chi connectivity index (χ2n) is 13.2. The highest BCUT2D eigenvalue weighted by Crippen LogP contribution is 2.45. The number of benzene rings is 9. The van der Waals surface area contributed by atoms with Gasteiger partial charge in [-0.1, -0.05) is 133 Å². The smallest absolute Gasteiger partial charge is 0.164 e. The molecule has 0 aliphatic carbocycles. The van der Waals surface area contributed by atoms with Crippen LogP contribution in [-0.2, 0) is 0 Å². The molecule has 0 N–H and O–H groups in total. The van der Waals surface area contributed by atoms with Crippen LogP contribution >= 0.6 is 0 Å². The molecule has 0 atom stereocenters. The average Bonchev–Trinajstić information content (AvgIpc) is 3.55. The lowest BCUT2D eigenvalue weighted by Gasteiger charge is -2.15. The number of aromatic nitrogens is 4. The van der Waals surface area contributed by atoms with E-state index in [0.29, 0.717) is 17.5 Å². The van der Waals surface area contributed by atoms with Gasteiger partial charge in [-0.3, -0.25) is 0 Å². The van der Waals surface area contributed by atoms with Crippen LogP contribution in [0, 0.1) is 0 Å². The Bertz CT molecular complexity index is 2960. The summed E-state index contributed by atoms with van der Waals surface area (Å²) in [6, 6.07) is 60.3. The van der Waals surface area contributed by atoms with Gasteiger partial charge in [0.2, 0.25) is 0 Å². The van der Waals surface area contributed by atoms with Gasteiger partial charge in [-0.05, 0) is 74.1 Å². The first-order valence-corrected chi connectivity index (χ1v) is 17.3. The molecule has 11 aromatic rings. The summed E-state index contributed by atoms with van der Waals surface area (Å²) in [6.45, 7) is 0. The summed E-state index contributed by atoms with van der Waals surface area (Å²) in [4.78, 5) is 15.1. The minimum absolute atomic E-state index is 0.651. The van der Waals surface area contributed by atoms with E-state index >= 15 is 0 Å². The Labute approximate surface area is 293 Å². The fourth-order valence-corrected chi connectivity index (χ4v) is 8.10. The molecule has 0 radical (unpaired) electrons. The first-order valence-electron chi connectivity index (χ1n) is 17.3. The second kappa shape index (κ2) is 10.8. The van der Waals surface area contributed by atoms with Crippen molar-refractivity contribution in [1.82, 2.24) is 19.5 Å². The fourth-order valence-electron chi connectivity index (χ4n) is 8.10. The van der Waals surface area contributed by atoms with Gasteiger partial charge >= 0.3 is 0 Å². The number of rotatable bonds is 4. The molecule has 2 aromatic heterocycles. The number of nitrogens with zero attached hydrogens (tertiary/aromatic N) is 4. The van der Waals surface area contributed by atoms with E-state index in [0.717, 1.165) is 33.2 Å². The molecule has 11 rings (SSSR count). The van der Waals surface area contributed by atoms with Gasteiger partial charge in [-0.15, -0.1) is 0 Å². The van der Waals surface area contributed by atoms with Crippen LogP contribution in [0.15, 0.2) is 170 Å². The highest BCUT2D eigenvalue weighted by Gasteiger charge is 2.22. The van der Waals surface area contributed by atoms with Crippen molar-refractivity contribution >= 4 is 64.9 Å². The van der Waals surface area contributed by atoms with E-state index in [1.807, 2.05) is 60.7 Å². The highest BCUT2D eigenvalue weighted by molar-refractivity contribution is 6.35. The molecule has 0 unspecified atom stereocenters. The van der Waals surface area contributed by atoms with Crippen LogP contribution in [0.25, 0.3) is 105 Å². The Morgan fingerprint density at radius 3 is 1.37 bits per heavy atom. The third-order valence-corrected chi connectivity index (χ3v) is 10.4. The topological polar surface area (TPSA) is 43.6 Å². The maximum absolute atomic E-state index is 5.09. The summed E-state index contributed by atoms with van der Waals surface area (Å²) < 4.78 is 2.45. The lowest BCUT2D eigenvalue weighted by molar-refractivity contribution is 1.08. The largest absolute Gasteiger partial charge is 0.309 e. The predicted molar refractivity (Wildman–Crippen MR) is 212 cm³/mol. The van der Waals surface area contributed by atoms with Crippen molar-refractivity contribution in [2.24, 2.45) is 0 Å². The van der Waals surface area contributed by atoms with Crippen LogP contribution in [0.3, 0.4) is 0 Å². The molecule has 0 aliphatic rings. The zero-order valence-corrected chi connectivity index (χ0v) is 27.5. The standard InChI is InChI=1S/C47H28N4/c1-3-13-29(14-4-1)45-48-46(30-15-5-2-6-16-30)50-47(49-45)37-25-26-40(34-20-10-9-19-33(34)37)51-41-23-11-21-35-38-27-31-17-7-8-18-32(31)28-39(38)36-22-12-24-42(51)44(36)43(35)41/h1-28H. The summed E-state index contributed by atoms with van der Waals surface area (Å²) in [6.07, 6.45) is 0. The Kier molecular flexibility index (Phi) is 5.92. The molecule has 0 saturated heterocycles. The maximum Gasteiger partial charge on any atom is 0.164 e. The van der Waals surface area contributed by atoms with Crippen molar-refractivity contribution in [3.63, 3.8) is 0 Å². The lowest BCUT2D eigenvalue weighted by atomic mass is 9.92. The van der Waals surface area contributed by atoms with E-state index in [9.17, 15) is 0 Å². The molecule has 0 aliphatic heterocycles. The first-order chi connectivity index (χ1) is 25.3. The van der Waals surface area contributed by atoms with Gasteiger partial charge in [0.15, 0.2) is 17.5 Å². The Balaban J connectivity index is 1.19. The Hall–Kier alpha value is -6.91. The maximum atomic E-state index is 5.09. The van der Waals surface area contributed by atoms with Gasteiger partial charge in [-0.2, -0.15) is 0 Å². The summed E-state index contributed by atoms with van der Waals surface area (Å²) >= 11 is 0. The van der Waals surface area contributed by atoms with Gasteiger partial charge < -0.3 is 4.57 Å². The van der Waals surface area contributed by atoms with E-state index in [1.165, 1.54) is 54.1 Å². The zero-order valence-electron chi connectivity index (χ0n) is 27.5. The molecule has 0 spiro atoms. The monoisotopic (exact) mass is 648 g/mol. The zero-order chi connectivity index (χ0) is 33.5. The van der Waals surface area contributed by atoms with Crippen molar-refractivity contribution in [1.29, 1.82) is 0 Å². The highest BCUT2D eigenvalue weighted by atomic mass is 15.0. The molecule has 0 bridgehead atoms. The van der Waals surface area contributed by atoms with E-state index in [4.69, 9.17) is 15.0 Å². The molecule has 0 amide bonds. The van der Waals surface area contributed by atoms with Crippen LogP contribution < -0.4 is 0 Å². The van der Waals surface area contributed by atoms with Gasteiger partial charge in [0.1, 0.15) is 0 Å². The molecule has 4 nitrogen and oxygen atoms in total. The SMILES string of the molecule is c1ccc(-c2nc(-c3ccccc3)nc(-c3ccc(-n4c5cccc6c7cc8ccccc8cc7c7cccc4c7c65)c4ccccc34)n2)cc1. The van der Waals surface area contributed by atoms with E-state index in [-0.39, 0.29) is 0 Å². The summed E-state index contributed by atoms with van der Waals surface area (Å²) in [5, 5.41) is 12.5. The number of hydrogen-bond acceptors (Lipinski definition) is 3. The average molecular weight is 649 g/mol. The summed E-state index contributed by atoms with van der Waals surface area (Å²) in [5.74, 6) is 1.96. The number of hydrogen-bond donors (Lipinski definition) is 0. The molecule has 0 fully saturated rings. The minimum Gasteiger partial charge on any atom is -0.309 e. The molecule has 0 saturated carbocycles. The number of fused-ring (bicyclic) bond motifs is 5. The molecule has 4 heteroatoms. The van der Waals surface area contributed by atoms with Crippen LogP contribution in [0.2, 0.25) is 0 Å². The third-order valence-electron chi connectivity index (χ3n) is 10.4. The van der Waals surface area contributed by atoms with Gasteiger partial charge in [0.05, 0.1) is 16.7 Å². The van der Waals surface area contributed by atoms with Crippen molar-refractivity contribution in [3.8, 4) is 39.9 Å². The van der Waals surface area contributed by atoms with Crippen molar-refractivity contribution in [3.05, 3.63) is 170 Å². The molecular formula is C47H28N4. The van der Waals surface area contributed by atoms with Crippen molar-refractivity contribution < 1.29 is 0 Å². The fraction of sp³-hybridized carbons (Fsp3) is 0. The lowest BCUT2D eigenvalue weighted by Crippen LogP contribution is -2.01. The molecular weight excluding hydrogens is 621 g/mol. The van der Waals surface area contributed by atoms with Gasteiger partial charge in [0, 0.05) is 32.8 Å². The van der Waals surface area contributed by atoms with E-state index in [1.54, 1.807) is 0 Å². The summed E-state index contributed by atoms with van der Waals surface area (Å²) in [5.41, 5.74) is 6.40. The van der Waals surface area contributed by atoms with Gasteiger partial charge in [-0.25, -0.2) is 15.0 Å². The predicted octanol–water partition coefficient (Wildman–Crippen LogP) is 12.0. The quantitative estimate of drug-likeness (QED) is 0.141. The first kappa shape index (κ1) is 28.0. The minimum atomic E-state index is 0.651. The van der Waals surface area contributed by atoms with E-state index < -0.39 is 0 Å². The van der Waals surface area contributed by atoms with Crippen molar-refractivity contribution in [2.45, 2.75) is 0 Å². The van der Waals surface area contributed by atoms with Gasteiger partial charge in [0.25, 0.3) is 0 Å². The third kappa shape index (κ3) is 4.17. The molecule has 9 aromatic carbocycles. The van der Waals surface area contributed by atoms with Crippen LogP contribution in [0.1, 0.15) is 0 Å². The molecule has 51 heavy (non-hydrogen) atoms. The normalized spacial score (nSPS) is 11.9. The molecule has 2 heterocycles. The Morgan fingerprint density at radius 1 is 0.333 bits per heavy atom. The summed E-state index contributed by atoms with van der Waals surface area (Å²) in [7, 11) is 0.